The SMILES string of the molecule is CCCCCCCCCCCCCCCCCCCCCCCCCC(=O)NC(COC1OC(CO)C(OC2OC(CO)C(OC3OC(CO)C(O)C(O)C3O)C(O)C2O)C(O)C1O)C(O)CCCCCCCCCCCCC. The first-order valence-electron chi connectivity index (χ1n) is 31.8. The van der Waals surface area contributed by atoms with Gasteiger partial charge in [-0.3, -0.25) is 4.79 Å². The average Bonchev–Trinajstić information content (AvgIpc) is 3.49. The Balaban J connectivity index is 1.43. The molecule has 12 N–H and O–H groups in total. The topological polar surface area (TPSA) is 307 Å². The second-order valence-corrected chi connectivity index (χ2v) is 23.2. The average molecular weight is 1140 g/mol. The molecular weight excluding hydrogens is 1020 g/mol. The molecule has 3 aliphatic rings. The zero-order valence-electron chi connectivity index (χ0n) is 48.9. The third-order valence-corrected chi connectivity index (χ3v) is 16.4. The first kappa shape index (κ1) is 72.1. The molecule has 0 aromatic heterocycles. The second kappa shape index (κ2) is 44.3. The number of aliphatic hydroxyl groups excluding tert-OH is 11. The molecule has 19 heteroatoms. The molecule has 0 aromatic rings. The smallest absolute Gasteiger partial charge is 0.220 e. The lowest BCUT2D eigenvalue weighted by Gasteiger charge is -2.48. The molecule has 17 atom stereocenters. The van der Waals surface area contributed by atoms with Crippen LogP contribution in [0.2, 0.25) is 0 Å². The Bertz CT molecular complexity index is 1450. The number of rotatable bonds is 48. The molecule has 0 aromatic carbocycles. The Hall–Kier alpha value is -1.21. The molecule has 0 aliphatic carbocycles. The molecule has 1 amide bonds. The van der Waals surface area contributed by atoms with Crippen molar-refractivity contribution in [2.24, 2.45) is 0 Å². The largest absolute Gasteiger partial charge is 0.394 e. The molecule has 468 valence electrons. The van der Waals surface area contributed by atoms with Crippen molar-refractivity contribution in [3.63, 3.8) is 0 Å². The van der Waals surface area contributed by atoms with Gasteiger partial charge in [-0.2, -0.15) is 0 Å². The number of nitrogens with one attached hydrogen (secondary N) is 1. The summed E-state index contributed by atoms with van der Waals surface area (Å²) in [7, 11) is 0. The number of carbonyl (C=O) groups is 1. The fourth-order valence-electron chi connectivity index (χ4n) is 11.2. The van der Waals surface area contributed by atoms with Crippen LogP contribution in [0.3, 0.4) is 0 Å². The van der Waals surface area contributed by atoms with Crippen molar-refractivity contribution >= 4 is 5.91 Å². The van der Waals surface area contributed by atoms with Gasteiger partial charge in [0.1, 0.15) is 73.2 Å². The predicted molar refractivity (Wildman–Crippen MR) is 300 cm³/mol. The van der Waals surface area contributed by atoms with E-state index in [0.29, 0.717) is 12.8 Å². The van der Waals surface area contributed by atoms with Crippen LogP contribution in [0.5, 0.6) is 0 Å². The standard InChI is InChI=1S/C60H115NO18/c1-3-5-7-9-11-13-15-16-17-18-19-20-21-22-23-24-25-26-28-30-32-34-36-38-48(66)61-43(44(65)37-35-33-31-29-27-14-12-10-8-6-4-2)42-74-58-54(72)51(69)56(46(40-63)76-58)79-60-55(73)52(70)57(47(41-64)77-60)78-59-53(71)50(68)49(67)45(39-62)75-59/h43-47,49-60,62-65,67-73H,3-42H2,1-2H3,(H,61,66). The minimum Gasteiger partial charge on any atom is -0.394 e. The summed E-state index contributed by atoms with van der Waals surface area (Å²) in [4.78, 5) is 13.3. The molecule has 3 heterocycles. The molecule has 3 saturated heterocycles. The van der Waals surface area contributed by atoms with Crippen molar-refractivity contribution in [1.82, 2.24) is 5.32 Å². The highest BCUT2D eigenvalue weighted by atomic mass is 16.8. The van der Waals surface area contributed by atoms with Crippen LogP contribution in [0.15, 0.2) is 0 Å². The molecule has 3 aliphatic heterocycles. The predicted octanol–water partition coefficient (Wildman–Crippen LogP) is 6.38. The number of hydrogen-bond acceptors (Lipinski definition) is 18. The minimum absolute atomic E-state index is 0.239. The van der Waals surface area contributed by atoms with Crippen LogP contribution in [-0.2, 0) is 33.2 Å². The number of carbonyl (C=O) groups excluding carboxylic acids is 1. The van der Waals surface area contributed by atoms with Crippen molar-refractivity contribution in [2.45, 2.75) is 349 Å². The van der Waals surface area contributed by atoms with Crippen LogP contribution in [0.4, 0.5) is 0 Å². The summed E-state index contributed by atoms with van der Waals surface area (Å²) in [6, 6.07) is -0.879. The van der Waals surface area contributed by atoms with Gasteiger partial charge in [-0.1, -0.05) is 226 Å². The van der Waals surface area contributed by atoms with E-state index in [-0.39, 0.29) is 18.9 Å². The van der Waals surface area contributed by atoms with Gasteiger partial charge in [0.05, 0.1) is 38.6 Å². The molecule has 3 rings (SSSR count). The van der Waals surface area contributed by atoms with Crippen LogP contribution in [0.1, 0.15) is 245 Å². The van der Waals surface area contributed by atoms with Crippen LogP contribution in [0, 0.1) is 0 Å². The fraction of sp³-hybridized carbons (Fsp3) is 0.983. The summed E-state index contributed by atoms with van der Waals surface area (Å²) < 4.78 is 34.3. The molecule has 0 radical (unpaired) electrons. The third-order valence-electron chi connectivity index (χ3n) is 16.4. The van der Waals surface area contributed by atoms with Gasteiger partial charge in [0.2, 0.25) is 5.91 Å². The molecule has 0 bridgehead atoms. The number of unbranched alkanes of at least 4 members (excludes halogenated alkanes) is 32. The van der Waals surface area contributed by atoms with E-state index in [2.05, 4.69) is 19.2 Å². The van der Waals surface area contributed by atoms with Crippen molar-refractivity contribution in [3.05, 3.63) is 0 Å². The first-order chi connectivity index (χ1) is 38.3. The van der Waals surface area contributed by atoms with E-state index in [0.717, 1.165) is 44.9 Å². The summed E-state index contributed by atoms with van der Waals surface area (Å²) in [5, 5.41) is 120. The van der Waals surface area contributed by atoms with Crippen molar-refractivity contribution in [1.29, 1.82) is 0 Å². The zero-order chi connectivity index (χ0) is 57.6. The third kappa shape index (κ3) is 28.0. The Morgan fingerprint density at radius 2 is 0.722 bits per heavy atom. The number of aliphatic hydroxyl groups is 11. The molecule has 17 unspecified atom stereocenters. The van der Waals surface area contributed by atoms with Crippen molar-refractivity contribution < 1.29 is 89.4 Å². The summed E-state index contributed by atoms with van der Waals surface area (Å²) in [5.41, 5.74) is 0. The highest BCUT2D eigenvalue weighted by molar-refractivity contribution is 5.76. The van der Waals surface area contributed by atoms with Gasteiger partial charge < -0.3 is 89.9 Å². The van der Waals surface area contributed by atoms with Gasteiger partial charge in [-0.05, 0) is 12.8 Å². The van der Waals surface area contributed by atoms with Crippen LogP contribution in [0.25, 0.3) is 0 Å². The maximum absolute atomic E-state index is 13.3. The van der Waals surface area contributed by atoms with Crippen LogP contribution >= 0.6 is 0 Å². The first-order valence-corrected chi connectivity index (χ1v) is 31.8. The Labute approximate surface area is 474 Å². The van der Waals surface area contributed by atoms with E-state index in [1.165, 1.54) is 167 Å². The van der Waals surface area contributed by atoms with Gasteiger partial charge in [-0.25, -0.2) is 0 Å². The summed E-state index contributed by atoms with van der Waals surface area (Å²) in [6.45, 7) is 1.80. The van der Waals surface area contributed by atoms with E-state index in [9.17, 15) is 61.0 Å². The Morgan fingerprint density at radius 3 is 1.10 bits per heavy atom. The molecule has 79 heavy (non-hydrogen) atoms. The lowest BCUT2D eigenvalue weighted by Crippen LogP contribution is -2.66. The van der Waals surface area contributed by atoms with Gasteiger partial charge in [0.15, 0.2) is 18.9 Å². The van der Waals surface area contributed by atoms with Gasteiger partial charge in [-0.15, -0.1) is 0 Å². The van der Waals surface area contributed by atoms with Crippen molar-refractivity contribution in [3.8, 4) is 0 Å². The molecule has 19 nitrogen and oxygen atoms in total. The molecule has 0 saturated carbocycles. The maximum Gasteiger partial charge on any atom is 0.220 e. The molecule has 0 spiro atoms. The summed E-state index contributed by atoms with van der Waals surface area (Å²) in [6.07, 6.45) is 16.3. The molecular formula is C60H115NO18. The van der Waals surface area contributed by atoms with E-state index < -0.39 is 124 Å². The normalized spacial score (nSPS) is 30.2. The minimum atomic E-state index is -1.97. The number of hydrogen-bond donors (Lipinski definition) is 12. The molecule has 3 fully saturated rings. The van der Waals surface area contributed by atoms with Crippen molar-refractivity contribution in [2.75, 3.05) is 26.4 Å². The number of amides is 1. The van der Waals surface area contributed by atoms with E-state index in [1.807, 2.05) is 0 Å². The fourth-order valence-corrected chi connectivity index (χ4v) is 11.2. The van der Waals surface area contributed by atoms with Gasteiger partial charge in [0, 0.05) is 6.42 Å². The monoisotopic (exact) mass is 1140 g/mol. The van der Waals surface area contributed by atoms with Gasteiger partial charge in [0.25, 0.3) is 0 Å². The quantitative estimate of drug-likeness (QED) is 0.0294. The maximum atomic E-state index is 13.3. The van der Waals surface area contributed by atoms with E-state index in [1.54, 1.807) is 0 Å². The van der Waals surface area contributed by atoms with Crippen LogP contribution in [-0.4, -0.2) is 193 Å². The highest BCUT2D eigenvalue weighted by Crippen LogP contribution is 2.33. The van der Waals surface area contributed by atoms with Gasteiger partial charge >= 0.3 is 0 Å². The lowest BCUT2D eigenvalue weighted by molar-refractivity contribution is -0.379. The second-order valence-electron chi connectivity index (χ2n) is 23.2. The zero-order valence-corrected chi connectivity index (χ0v) is 48.9. The van der Waals surface area contributed by atoms with E-state index >= 15 is 0 Å². The highest BCUT2D eigenvalue weighted by Gasteiger charge is 2.53. The number of ether oxygens (including phenoxy) is 6. The van der Waals surface area contributed by atoms with Crippen LogP contribution < -0.4 is 5.32 Å². The summed E-state index contributed by atoms with van der Waals surface area (Å²) in [5.74, 6) is -0.239. The van der Waals surface area contributed by atoms with E-state index in [4.69, 9.17) is 28.4 Å². The lowest BCUT2D eigenvalue weighted by atomic mass is 9.96. The Kier molecular flexibility index (Phi) is 40.4. The summed E-state index contributed by atoms with van der Waals surface area (Å²) >= 11 is 0. The Morgan fingerprint density at radius 1 is 0.405 bits per heavy atom.